The van der Waals surface area contributed by atoms with Crippen LogP contribution in [-0.2, 0) is 4.74 Å². The van der Waals surface area contributed by atoms with Gasteiger partial charge in [0.15, 0.2) is 5.82 Å². The molecule has 1 saturated heterocycles. The van der Waals surface area contributed by atoms with Gasteiger partial charge in [-0.3, -0.25) is 9.48 Å². The fraction of sp³-hybridized carbons (Fsp3) is 0.522. The first kappa shape index (κ1) is 22.6. The summed E-state index contributed by atoms with van der Waals surface area (Å²) in [5.41, 5.74) is 6.86. The van der Waals surface area contributed by atoms with E-state index >= 15 is 0 Å². The first-order valence-corrected chi connectivity index (χ1v) is 11.2. The molecule has 1 aromatic carbocycles. The monoisotopic (exact) mass is 456 g/mol. The summed E-state index contributed by atoms with van der Waals surface area (Å²) in [7, 11) is 2.14. The number of nitrogens with two attached hydrogens (primary N) is 1. The van der Waals surface area contributed by atoms with Crippen LogP contribution in [0.4, 0.5) is 11.5 Å². The zero-order valence-electron chi connectivity index (χ0n) is 18.4. The number of rotatable bonds is 7. The molecule has 1 amide bonds. The SMILES string of the molecule is CN(CC1(C)COC1)[C@H]1CCC(n2cc(C(N)=O)c(Nc3ccc(Cl)cc3)n2)[C@@H](C#N)C1. The van der Waals surface area contributed by atoms with Gasteiger partial charge in [0, 0.05) is 34.9 Å². The number of anilines is 2. The Morgan fingerprint density at radius 1 is 1.41 bits per heavy atom. The van der Waals surface area contributed by atoms with Crippen molar-refractivity contribution in [2.24, 2.45) is 17.1 Å². The van der Waals surface area contributed by atoms with E-state index in [0.29, 0.717) is 22.4 Å². The fourth-order valence-electron chi connectivity index (χ4n) is 4.77. The molecule has 2 heterocycles. The third-order valence-electron chi connectivity index (χ3n) is 6.55. The zero-order valence-corrected chi connectivity index (χ0v) is 19.2. The van der Waals surface area contributed by atoms with E-state index in [1.165, 1.54) is 0 Å². The molecule has 1 saturated carbocycles. The van der Waals surface area contributed by atoms with Crippen molar-refractivity contribution in [1.29, 1.82) is 5.26 Å². The number of aromatic nitrogens is 2. The van der Waals surface area contributed by atoms with Crippen LogP contribution in [0.5, 0.6) is 0 Å². The molecule has 1 aromatic heterocycles. The molecule has 1 aliphatic carbocycles. The van der Waals surface area contributed by atoms with E-state index in [4.69, 9.17) is 22.1 Å². The highest BCUT2D eigenvalue weighted by Crippen LogP contribution is 2.38. The summed E-state index contributed by atoms with van der Waals surface area (Å²) >= 11 is 5.95. The molecule has 0 spiro atoms. The second kappa shape index (κ2) is 9.10. The fourth-order valence-corrected chi connectivity index (χ4v) is 4.89. The summed E-state index contributed by atoms with van der Waals surface area (Å²) < 4.78 is 7.12. The molecule has 1 aliphatic heterocycles. The molecule has 3 N–H and O–H groups in total. The number of primary amides is 1. The van der Waals surface area contributed by atoms with Gasteiger partial charge < -0.3 is 20.7 Å². The van der Waals surface area contributed by atoms with Crippen LogP contribution in [0, 0.1) is 22.7 Å². The van der Waals surface area contributed by atoms with Crippen LogP contribution < -0.4 is 11.1 Å². The van der Waals surface area contributed by atoms with E-state index in [2.05, 4.69) is 35.4 Å². The minimum absolute atomic E-state index is 0.105. The molecular weight excluding hydrogens is 428 g/mol. The van der Waals surface area contributed by atoms with Gasteiger partial charge in [-0.05, 0) is 50.6 Å². The van der Waals surface area contributed by atoms with Gasteiger partial charge in [-0.15, -0.1) is 0 Å². The lowest BCUT2D eigenvalue weighted by molar-refractivity contribution is -0.118. The standard InChI is InChI=1S/C23H29ClN6O2/c1-23(13-32-14-23)12-29(2)18-7-8-20(15(9-18)10-25)30-11-19(21(26)31)22(28-30)27-17-5-3-16(24)4-6-17/h3-6,11,15,18,20H,7-9,12-14H2,1-2H3,(H2,26,31)(H,27,28)/t15-,18+,20?/m1/s1. The third-order valence-corrected chi connectivity index (χ3v) is 6.80. The average molecular weight is 457 g/mol. The van der Waals surface area contributed by atoms with Gasteiger partial charge in [0.05, 0.1) is 31.2 Å². The van der Waals surface area contributed by atoms with Crippen molar-refractivity contribution in [1.82, 2.24) is 14.7 Å². The first-order chi connectivity index (χ1) is 15.3. The number of nitrogens with zero attached hydrogens (tertiary/aromatic N) is 4. The molecule has 2 aliphatic rings. The molecule has 170 valence electrons. The number of nitrogens with one attached hydrogen (secondary N) is 1. The average Bonchev–Trinajstić information content (AvgIpc) is 3.17. The molecule has 9 heteroatoms. The number of nitriles is 1. The van der Waals surface area contributed by atoms with Crippen molar-refractivity contribution < 1.29 is 9.53 Å². The number of carbonyl (C=O) groups is 1. The van der Waals surface area contributed by atoms with Crippen molar-refractivity contribution in [2.75, 3.05) is 32.1 Å². The zero-order chi connectivity index (χ0) is 22.9. The predicted octanol–water partition coefficient (Wildman–Crippen LogP) is 3.58. The lowest BCUT2D eigenvalue weighted by atomic mass is 9.80. The van der Waals surface area contributed by atoms with Gasteiger partial charge in [-0.25, -0.2) is 0 Å². The largest absolute Gasteiger partial charge is 0.380 e. The van der Waals surface area contributed by atoms with Crippen LogP contribution in [0.1, 0.15) is 42.6 Å². The van der Waals surface area contributed by atoms with Crippen molar-refractivity contribution in [2.45, 2.75) is 38.3 Å². The predicted molar refractivity (Wildman–Crippen MR) is 123 cm³/mol. The molecule has 8 nitrogen and oxygen atoms in total. The van der Waals surface area contributed by atoms with Gasteiger partial charge in [-0.1, -0.05) is 18.5 Å². The van der Waals surface area contributed by atoms with Crippen molar-refractivity contribution in [3.63, 3.8) is 0 Å². The summed E-state index contributed by atoms with van der Waals surface area (Å²) in [6.07, 6.45) is 4.19. The highest BCUT2D eigenvalue weighted by molar-refractivity contribution is 6.30. The van der Waals surface area contributed by atoms with Gasteiger partial charge >= 0.3 is 0 Å². The van der Waals surface area contributed by atoms with E-state index in [9.17, 15) is 10.1 Å². The molecule has 32 heavy (non-hydrogen) atoms. The van der Waals surface area contributed by atoms with E-state index in [1.807, 2.05) is 0 Å². The molecule has 0 radical (unpaired) electrons. The number of halogens is 1. The molecule has 3 atom stereocenters. The minimum Gasteiger partial charge on any atom is -0.380 e. The number of amides is 1. The van der Waals surface area contributed by atoms with E-state index in [0.717, 1.165) is 44.7 Å². The molecule has 2 aromatic rings. The lowest BCUT2D eigenvalue weighted by Gasteiger charge is -2.45. The maximum Gasteiger partial charge on any atom is 0.254 e. The van der Waals surface area contributed by atoms with E-state index in [1.54, 1.807) is 35.1 Å². The topological polar surface area (TPSA) is 109 Å². The Bertz CT molecular complexity index is 1010. The maximum atomic E-state index is 12.0. The van der Waals surface area contributed by atoms with Crippen LogP contribution in [0.25, 0.3) is 0 Å². The minimum atomic E-state index is -0.564. The van der Waals surface area contributed by atoms with Gasteiger partial charge in [0.2, 0.25) is 0 Å². The van der Waals surface area contributed by atoms with Crippen molar-refractivity contribution >= 4 is 29.0 Å². The highest BCUT2D eigenvalue weighted by atomic mass is 35.5. The molecule has 1 unspecified atom stereocenters. The maximum absolute atomic E-state index is 12.0. The number of hydrogen-bond acceptors (Lipinski definition) is 6. The van der Waals surface area contributed by atoms with Gasteiger partial charge in [-0.2, -0.15) is 10.4 Å². The Labute approximate surface area is 193 Å². The Kier molecular flexibility index (Phi) is 6.42. The third kappa shape index (κ3) is 4.75. The molecule has 4 rings (SSSR count). The van der Waals surface area contributed by atoms with E-state index in [-0.39, 0.29) is 17.4 Å². The van der Waals surface area contributed by atoms with Crippen LogP contribution >= 0.6 is 11.6 Å². The number of carbonyl (C=O) groups excluding carboxylic acids is 1. The lowest BCUT2D eigenvalue weighted by Crippen LogP contribution is -2.51. The summed E-state index contributed by atoms with van der Waals surface area (Å²) in [4.78, 5) is 14.4. The van der Waals surface area contributed by atoms with Crippen LogP contribution in [0.15, 0.2) is 30.5 Å². The molecule has 0 bridgehead atoms. The van der Waals surface area contributed by atoms with Crippen molar-refractivity contribution in [3.05, 3.63) is 41.0 Å². The number of benzene rings is 1. The van der Waals surface area contributed by atoms with Crippen molar-refractivity contribution in [3.8, 4) is 6.07 Å². The highest BCUT2D eigenvalue weighted by Gasteiger charge is 2.39. The Hall–Kier alpha value is -2.60. The second-order valence-electron chi connectivity index (χ2n) is 9.36. The summed E-state index contributed by atoms with van der Waals surface area (Å²) in [6.45, 7) is 4.79. The molecule has 2 fully saturated rings. The van der Waals surface area contributed by atoms with Gasteiger partial charge in [0.1, 0.15) is 5.56 Å². The summed E-state index contributed by atoms with van der Waals surface area (Å²) in [5.74, 6) is -0.384. The Morgan fingerprint density at radius 3 is 2.72 bits per heavy atom. The van der Waals surface area contributed by atoms with Gasteiger partial charge in [0.25, 0.3) is 5.91 Å². The number of hydrogen-bond donors (Lipinski definition) is 2. The normalized spacial score (nSPS) is 24.5. The van der Waals surface area contributed by atoms with E-state index < -0.39 is 5.91 Å². The van der Waals surface area contributed by atoms with Crippen LogP contribution in [0.3, 0.4) is 0 Å². The van der Waals surface area contributed by atoms with Crippen LogP contribution in [-0.4, -0.2) is 53.4 Å². The second-order valence-corrected chi connectivity index (χ2v) is 9.79. The van der Waals surface area contributed by atoms with Crippen LogP contribution in [0.2, 0.25) is 5.02 Å². The number of ether oxygens (including phenoxy) is 1. The quantitative estimate of drug-likeness (QED) is 0.659. The first-order valence-electron chi connectivity index (χ1n) is 10.9. The summed E-state index contributed by atoms with van der Waals surface area (Å²) in [6, 6.07) is 9.83. The smallest absolute Gasteiger partial charge is 0.254 e. The Balaban J connectivity index is 1.49. The Morgan fingerprint density at radius 2 is 2.12 bits per heavy atom. The molecular formula is C23H29ClN6O2. The summed E-state index contributed by atoms with van der Waals surface area (Å²) in [5, 5.41) is 18.3.